The zero-order chi connectivity index (χ0) is 25.9. The molecular weight excluding hydrogens is 424 g/mol. The van der Waals surface area contributed by atoms with Gasteiger partial charge in [-0.3, -0.25) is 4.79 Å². The van der Waals surface area contributed by atoms with E-state index in [1.165, 1.54) is 0 Å². The molecule has 0 aromatic heterocycles. The van der Waals surface area contributed by atoms with Crippen molar-refractivity contribution in [2.24, 2.45) is 5.41 Å². The van der Waals surface area contributed by atoms with Gasteiger partial charge in [0, 0.05) is 23.0 Å². The predicted molar refractivity (Wildman–Crippen MR) is 130 cm³/mol. The number of allylic oxidation sites excluding steroid dienone is 4. The van der Waals surface area contributed by atoms with Gasteiger partial charge in [0.05, 0.1) is 37.3 Å². The van der Waals surface area contributed by atoms with Crippen molar-refractivity contribution in [1.29, 1.82) is 0 Å². The second kappa shape index (κ2) is 13.1. The van der Waals surface area contributed by atoms with Gasteiger partial charge >= 0.3 is 5.97 Å². The number of phenolic OH excluding ortho intramolecular Hbond substituents is 1. The summed E-state index contributed by atoms with van der Waals surface area (Å²) < 4.78 is 5.38. The summed E-state index contributed by atoms with van der Waals surface area (Å²) in [7, 11) is 0. The number of hydrogen-bond donors (Lipinski definition) is 5. The predicted octanol–water partition coefficient (Wildman–Crippen LogP) is 2.91. The molecule has 0 aliphatic rings. The van der Waals surface area contributed by atoms with Gasteiger partial charge in [0.2, 0.25) is 0 Å². The Morgan fingerprint density at radius 3 is 1.61 bits per heavy atom. The molecule has 0 saturated carbocycles. The fourth-order valence-electron chi connectivity index (χ4n) is 2.68. The third-order valence-electron chi connectivity index (χ3n) is 5.63. The Balaban J connectivity index is 0.000000960. The Hall–Kier alpha value is -2.71. The Kier molecular flexibility index (Phi) is 12.0. The molecule has 0 aliphatic heterocycles. The Morgan fingerprint density at radius 2 is 1.30 bits per heavy atom. The molecule has 0 fully saturated rings. The zero-order valence-electron chi connectivity index (χ0n) is 19.9. The number of aliphatic hydroxyl groups excluding tert-OH is 4. The Labute approximate surface area is 196 Å². The maximum Gasteiger partial charge on any atom is 0.310 e. The lowest BCUT2D eigenvalue weighted by molar-refractivity contribution is -0.134. The van der Waals surface area contributed by atoms with E-state index in [0.717, 1.165) is 0 Å². The lowest BCUT2D eigenvalue weighted by atomic mass is 9.75. The number of hydrogen-bond acceptors (Lipinski definition) is 7. The molecule has 1 rings (SSSR count). The highest BCUT2D eigenvalue weighted by Gasteiger charge is 2.31. The van der Waals surface area contributed by atoms with E-state index in [2.05, 4.69) is 26.3 Å². The first-order valence-electron chi connectivity index (χ1n) is 10.5. The van der Waals surface area contributed by atoms with Crippen LogP contribution >= 0.6 is 0 Å². The lowest BCUT2D eigenvalue weighted by Gasteiger charge is -2.29. The molecule has 7 nitrogen and oxygen atoms in total. The van der Waals surface area contributed by atoms with E-state index in [-0.39, 0.29) is 18.1 Å². The third kappa shape index (κ3) is 7.14. The van der Waals surface area contributed by atoms with Crippen LogP contribution in [-0.2, 0) is 15.6 Å². The average molecular weight is 463 g/mol. The maximum absolute atomic E-state index is 11.7. The van der Waals surface area contributed by atoms with Crippen molar-refractivity contribution in [2.45, 2.75) is 38.0 Å². The molecule has 0 saturated heterocycles. The number of rotatable bonds is 12. The molecule has 0 heterocycles. The first-order chi connectivity index (χ1) is 15.4. The normalized spacial score (nSPS) is 11.6. The van der Waals surface area contributed by atoms with Crippen LogP contribution in [0.15, 0.2) is 62.8 Å². The van der Waals surface area contributed by atoms with Crippen LogP contribution in [0, 0.1) is 5.41 Å². The van der Waals surface area contributed by atoms with Crippen LogP contribution in [-0.4, -0.2) is 57.9 Å². The molecular formula is C26H38O7. The number of aliphatic hydroxyl groups is 4. The molecule has 1 aromatic carbocycles. The van der Waals surface area contributed by atoms with Crippen LogP contribution in [0.5, 0.6) is 11.5 Å². The molecule has 184 valence electrons. The van der Waals surface area contributed by atoms with E-state index >= 15 is 0 Å². The average Bonchev–Trinajstić information content (AvgIpc) is 2.84. The van der Waals surface area contributed by atoms with Crippen molar-refractivity contribution >= 4 is 5.97 Å². The number of esters is 1. The first-order valence-corrected chi connectivity index (χ1v) is 10.5. The van der Waals surface area contributed by atoms with Crippen LogP contribution in [0.3, 0.4) is 0 Å². The third-order valence-corrected chi connectivity index (χ3v) is 5.63. The molecule has 0 radical (unpaired) electrons. The van der Waals surface area contributed by atoms with E-state index < -0.39 is 42.7 Å². The summed E-state index contributed by atoms with van der Waals surface area (Å²) in [5.74, 6) is 0.0841. The smallest absolute Gasteiger partial charge is 0.310 e. The summed E-state index contributed by atoms with van der Waals surface area (Å²) in [5.41, 5.74) is -1.37. The maximum atomic E-state index is 11.7. The minimum absolute atomic E-state index is 0.0795. The highest BCUT2D eigenvalue weighted by Crippen LogP contribution is 2.44. The largest absolute Gasteiger partial charge is 0.507 e. The number of benzene rings is 1. The molecule has 1 aromatic rings. The summed E-state index contributed by atoms with van der Waals surface area (Å²) in [6.07, 6.45) is 6.90. The van der Waals surface area contributed by atoms with Gasteiger partial charge in [-0.15, -0.1) is 26.3 Å². The first kappa shape index (κ1) is 30.3. The number of phenols is 1. The summed E-state index contributed by atoms with van der Waals surface area (Å²) >= 11 is 0. The van der Waals surface area contributed by atoms with Crippen molar-refractivity contribution in [3.05, 3.63) is 73.9 Å². The zero-order valence-corrected chi connectivity index (χ0v) is 19.9. The highest BCUT2D eigenvalue weighted by molar-refractivity contribution is 5.72. The number of carbonyl (C=O) groups excluding carboxylic acids is 1. The molecule has 0 spiro atoms. The molecule has 0 atom stereocenters. The molecule has 0 amide bonds. The Morgan fingerprint density at radius 1 is 0.879 bits per heavy atom. The standard InChI is InChI=1S/C21H26O3.C5H12O4/c1-8-18(22)24-15-13-16(20(6,7)9-2)19(23)17(14-15)21(10-3,11-4)12-5;6-1-5(2-7,3-8)4-9/h9-14,23H,2-5,8H2,1,6-7H3;6-9H,1-4H2. The molecule has 33 heavy (non-hydrogen) atoms. The van der Waals surface area contributed by atoms with Gasteiger partial charge in [-0.25, -0.2) is 0 Å². The number of ether oxygens (including phenoxy) is 1. The van der Waals surface area contributed by atoms with Gasteiger partial charge in [0.25, 0.3) is 0 Å². The second-order valence-electron chi connectivity index (χ2n) is 8.30. The van der Waals surface area contributed by atoms with Crippen molar-refractivity contribution in [2.75, 3.05) is 26.4 Å². The van der Waals surface area contributed by atoms with E-state index in [4.69, 9.17) is 25.2 Å². The number of aromatic hydroxyl groups is 1. The molecule has 0 unspecified atom stereocenters. The van der Waals surface area contributed by atoms with Crippen LogP contribution in [0.2, 0.25) is 0 Å². The van der Waals surface area contributed by atoms with Crippen molar-refractivity contribution < 1.29 is 35.1 Å². The monoisotopic (exact) mass is 462 g/mol. The fraction of sp³-hybridized carbons (Fsp3) is 0.423. The van der Waals surface area contributed by atoms with E-state index in [1.807, 2.05) is 13.8 Å². The van der Waals surface area contributed by atoms with Gasteiger partial charge < -0.3 is 30.3 Å². The highest BCUT2D eigenvalue weighted by atomic mass is 16.5. The van der Waals surface area contributed by atoms with Crippen molar-refractivity contribution in [3.8, 4) is 11.5 Å². The van der Waals surface area contributed by atoms with Crippen LogP contribution < -0.4 is 4.74 Å². The Bertz CT molecular complexity index is 796. The summed E-state index contributed by atoms with van der Waals surface area (Å²) in [4.78, 5) is 11.7. The van der Waals surface area contributed by atoms with Crippen LogP contribution in [0.1, 0.15) is 38.3 Å². The number of carbonyl (C=O) groups is 1. The van der Waals surface area contributed by atoms with Gasteiger partial charge in [-0.05, 0) is 12.1 Å². The molecule has 7 heteroatoms. The van der Waals surface area contributed by atoms with E-state index in [1.54, 1.807) is 43.4 Å². The molecule has 0 bridgehead atoms. The second-order valence-corrected chi connectivity index (χ2v) is 8.30. The molecule has 5 N–H and O–H groups in total. The van der Waals surface area contributed by atoms with Gasteiger partial charge in [-0.2, -0.15) is 0 Å². The summed E-state index contributed by atoms with van der Waals surface area (Å²) in [6.45, 7) is 19.3. The van der Waals surface area contributed by atoms with Crippen molar-refractivity contribution in [3.63, 3.8) is 0 Å². The van der Waals surface area contributed by atoms with Gasteiger partial charge in [0.15, 0.2) is 0 Å². The van der Waals surface area contributed by atoms with E-state index in [0.29, 0.717) is 16.9 Å². The molecule has 0 aliphatic carbocycles. The topological polar surface area (TPSA) is 127 Å². The fourth-order valence-corrected chi connectivity index (χ4v) is 2.68. The minimum atomic E-state index is -1.11. The van der Waals surface area contributed by atoms with Crippen LogP contribution in [0.4, 0.5) is 0 Å². The van der Waals surface area contributed by atoms with Crippen molar-refractivity contribution in [1.82, 2.24) is 0 Å². The quantitative estimate of drug-likeness (QED) is 0.184. The van der Waals surface area contributed by atoms with E-state index in [9.17, 15) is 9.90 Å². The summed E-state index contributed by atoms with van der Waals surface area (Å²) in [5, 5.41) is 44.9. The SMILES string of the molecule is C=CC(C)(C)c1cc(OC(=O)CC)cc(C(C=C)(C=C)C=C)c1O.OCC(CO)(CO)CO. The summed E-state index contributed by atoms with van der Waals surface area (Å²) in [6, 6.07) is 3.28. The van der Waals surface area contributed by atoms with Gasteiger partial charge in [0.1, 0.15) is 11.5 Å². The minimum Gasteiger partial charge on any atom is -0.507 e. The van der Waals surface area contributed by atoms with Crippen LogP contribution in [0.25, 0.3) is 0 Å². The van der Waals surface area contributed by atoms with Gasteiger partial charge in [-0.1, -0.05) is 45.1 Å². The lowest BCUT2D eigenvalue weighted by Crippen LogP contribution is -2.37.